The second kappa shape index (κ2) is 12.0. The number of aryl methyl sites for hydroxylation is 2. The predicted molar refractivity (Wildman–Crippen MR) is 219 cm³/mol. The molecule has 254 valence electrons. The molecule has 1 aliphatic carbocycles. The van der Waals surface area contributed by atoms with Crippen LogP contribution in [0.2, 0.25) is 0 Å². The number of benzene rings is 7. The Morgan fingerprint density at radius 2 is 1.37 bits per heavy atom. The lowest BCUT2D eigenvalue weighted by atomic mass is 9.87. The predicted octanol–water partition coefficient (Wildman–Crippen LogP) is 13.7. The molecule has 0 amide bonds. The Hall–Kier alpha value is -5.67. The van der Waals surface area contributed by atoms with Gasteiger partial charge in [-0.25, -0.2) is 4.98 Å². The third-order valence-corrected chi connectivity index (χ3v) is 10.9. The van der Waals surface area contributed by atoms with Crippen LogP contribution < -0.4 is 0 Å². The summed E-state index contributed by atoms with van der Waals surface area (Å²) in [6.45, 7) is 8.83. The Morgan fingerprint density at radius 3 is 2.17 bits per heavy atom. The first-order chi connectivity index (χ1) is 26.9. The Morgan fingerprint density at radius 1 is 0.635 bits per heavy atom. The zero-order chi connectivity index (χ0) is 38.7. The van der Waals surface area contributed by atoms with Crippen molar-refractivity contribution in [3.63, 3.8) is 0 Å². The van der Waals surface area contributed by atoms with E-state index in [9.17, 15) is 2.74 Å². The fourth-order valence-corrected chi connectivity index (χ4v) is 8.37. The highest BCUT2D eigenvalue weighted by atomic mass is 16.3. The summed E-state index contributed by atoms with van der Waals surface area (Å²) in [4.78, 5) is 5.39. The Bertz CT molecular complexity index is 3020. The fraction of sp³-hybridized carbons (Fsp3) is 0.204. The second-order valence-electron chi connectivity index (χ2n) is 14.8. The number of fused-ring (bicyclic) bond motifs is 9. The Balaban J connectivity index is 1.35. The molecular formula is C49H42N2O. The number of hydrogen-bond acceptors (Lipinski definition) is 2. The summed E-state index contributed by atoms with van der Waals surface area (Å²) in [5, 5.41) is 6.63. The average Bonchev–Trinajstić information content (AvgIpc) is 3.76. The SMILES string of the molecule is [2H]C1([2H])CCC([2H])([2H])c2c1ccc1nc(-c3cccc4c3oc3cc5c(ccc6ccccc65)cc34)n(-c3c(C(C)C)cc(-c4ccccc4)cc3C(C)C)c21. The molecule has 10 rings (SSSR count). The van der Waals surface area contributed by atoms with Crippen LogP contribution >= 0.6 is 0 Å². The van der Waals surface area contributed by atoms with E-state index in [1.807, 2.05) is 12.1 Å². The van der Waals surface area contributed by atoms with Gasteiger partial charge in [-0.1, -0.05) is 113 Å². The Labute approximate surface area is 310 Å². The van der Waals surface area contributed by atoms with E-state index in [4.69, 9.17) is 12.1 Å². The molecule has 1 aliphatic rings. The van der Waals surface area contributed by atoms with Crippen LogP contribution in [0.25, 0.3) is 82.7 Å². The number of aromatic nitrogens is 2. The minimum Gasteiger partial charge on any atom is -0.455 e. The van der Waals surface area contributed by atoms with Crippen LogP contribution in [0.15, 0.2) is 126 Å². The van der Waals surface area contributed by atoms with Crippen molar-refractivity contribution in [3.8, 4) is 28.2 Å². The van der Waals surface area contributed by atoms with E-state index < -0.39 is 12.7 Å². The van der Waals surface area contributed by atoms with Crippen molar-refractivity contribution >= 4 is 54.5 Å². The summed E-state index contributed by atoms with van der Waals surface area (Å²) in [6.07, 6.45) is -3.27. The van der Waals surface area contributed by atoms with E-state index in [0.717, 1.165) is 60.6 Å². The molecule has 0 atom stereocenters. The number of furan rings is 1. The van der Waals surface area contributed by atoms with Crippen molar-refractivity contribution in [1.82, 2.24) is 9.55 Å². The van der Waals surface area contributed by atoms with E-state index >= 15 is 0 Å². The average molecular weight is 679 g/mol. The molecule has 0 unspecified atom stereocenters. The summed E-state index contributed by atoms with van der Waals surface area (Å²) < 4.78 is 46.1. The van der Waals surface area contributed by atoms with Gasteiger partial charge in [0.05, 0.1) is 22.3 Å². The third-order valence-electron chi connectivity index (χ3n) is 10.9. The van der Waals surface area contributed by atoms with Crippen LogP contribution in [0.4, 0.5) is 0 Å². The maximum Gasteiger partial charge on any atom is 0.149 e. The summed E-state index contributed by atoms with van der Waals surface area (Å²) in [5.41, 5.74) is 9.78. The normalized spacial score (nSPS) is 16.5. The highest BCUT2D eigenvalue weighted by molar-refractivity contribution is 6.17. The smallest absolute Gasteiger partial charge is 0.149 e. The lowest BCUT2D eigenvalue weighted by Gasteiger charge is -2.26. The number of nitrogens with zero attached hydrogens (tertiary/aromatic N) is 2. The van der Waals surface area contributed by atoms with Crippen LogP contribution in [0.3, 0.4) is 0 Å². The molecule has 2 aromatic heterocycles. The molecule has 0 saturated carbocycles. The van der Waals surface area contributed by atoms with E-state index in [1.54, 1.807) is 6.07 Å². The van der Waals surface area contributed by atoms with Gasteiger partial charge in [0.15, 0.2) is 0 Å². The molecule has 0 aliphatic heterocycles. The van der Waals surface area contributed by atoms with Crippen LogP contribution in [0.5, 0.6) is 0 Å². The molecular weight excluding hydrogens is 633 g/mol. The van der Waals surface area contributed by atoms with Crippen LogP contribution in [-0.2, 0) is 12.7 Å². The van der Waals surface area contributed by atoms with Gasteiger partial charge in [0.1, 0.15) is 17.0 Å². The van der Waals surface area contributed by atoms with Crippen molar-refractivity contribution in [3.05, 3.63) is 144 Å². The van der Waals surface area contributed by atoms with Crippen LogP contribution in [-0.4, -0.2) is 9.55 Å². The van der Waals surface area contributed by atoms with E-state index in [0.29, 0.717) is 33.6 Å². The molecule has 0 N–H and O–H groups in total. The van der Waals surface area contributed by atoms with Gasteiger partial charge in [-0.3, -0.25) is 4.57 Å². The van der Waals surface area contributed by atoms with Gasteiger partial charge in [-0.05, 0) is 129 Å². The van der Waals surface area contributed by atoms with Gasteiger partial charge in [0.2, 0.25) is 0 Å². The van der Waals surface area contributed by atoms with Crippen molar-refractivity contribution in [2.75, 3.05) is 0 Å². The maximum atomic E-state index is 9.44. The van der Waals surface area contributed by atoms with E-state index in [1.165, 1.54) is 10.8 Å². The van der Waals surface area contributed by atoms with Gasteiger partial charge in [0.25, 0.3) is 0 Å². The van der Waals surface area contributed by atoms with Crippen molar-refractivity contribution in [1.29, 1.82) is 0 Å². The number of para-hydroxylation sites is 1. The first kappa shape index (κ1) is 27.0. The van der Waals surface area contributed by atoms with Crippen molar-refractivity contribution in [2.24, 2.45) is 0 Å². The lowest BCUT2D eigenvalue weighted by Crippen LogP contribution is -2.12. The molecule has 0 saturated heterocycles. The molecule has 3 nitrogen and oxygen atoms in total. The zero-order valence-corrected chi connectivity index (χ0v) is 29.9. The molecule has 7 aromatic carbocycles. The molecule has 9 aromatic rings. The quantitative estimate of drug-likeness (QED) is 0.170. The third kappa shape index (κ3) is 4.75. The number of imidazole rings is 1. The van der Waals surface area contributed by atoms with E-state index in [2.05, 4.69) is 135 Å². The minimum absolute atomic E-state index is 0.0784. The summed E-state index contributed by atoms with van der Waals surface area (Å²) in [7, 11) is 0. The van der Waals surface area contributed by atoms with Crippen LogP contribution in [0, 0.1) is 0 Å². The second-order valence-corrected chi connectivity index (χ2v) is 14.8. The highest BCUT2D eigenvalue weighted by Gasteiger charge is 2.28. The molecule has 0 spiro atoms. The molecule has 2 heterocycles. The van der Waals surface area contributed by atoms with Gasteiger partial charge >= 0.3 is 0 Å². The van der Waals surface area contributed by atoms with Gasteiger partial charge < -0.3 is 4.42 Å². The Kier molecular flexibility index (Phi) is 6.22. The number of hydrogen-bond donors (Lipinski definition) is 0. The standard InChI is InChI=1S/C49H42N2O/c1-29(2)40-26-35(31-13-6-5-7-14-31)27-41(30(3)4)46(40)51-47-37-18-11-9-16-33(37)23-24-44(47)50-49(51)39-20-12-19-38-43-25-34-22-21-32-15-8-10-17-36(32)42(34)28-45(43)52-48(38)39/h5-8,10,12-15,17,19-30H,9,11,16,18H2,1-4H3/i16D2,18D2. The lowest BCUT2D eigenvalue weighted by molar-refractivity contribution is 0.670. The molecule has 52 heavy (non-hydrogen) atoms. The number of rotatable bonds is 5. The van der Waals surface area contributed by atoms with E-state index in [-0.39, 0.29) is 24.7 Å². The van der Waals surface area contributed by atoms with Crippen molar-refractivity contribution < 1.29 is 9.90 Å². The summed E-state index contributed by atoms with van der Waals surface area (Å²) in [6, 6.07) is 42.0. The monoisotopic (exact) mass is 678 g/mol. The van der Waals surface area contributed by atoms with Gasteiger partial charge in [-0.2, -0.15) is 0 Å². The zero-order valence-electron chi connectivity index (χ0n) is 33.9. The fourth-order valence-electron chi connectivity index (χ4n) is 8.37. The molecule has 0 bridgehead atoms. The topological polar surface area (TPSA) is 31.0 Å². The molecule has 0 fully saturated rings. The highest BCUT2D eigenvalue weighted by Crippen LogP contribution is 2.45. The summed E-state index contributed by atoms with van der Waals surface area (Å²) in [5.74, 6) is 0.846. The molecule has 3 heteroatoms. The minimum atomic E-state index is -1.77. The van der Waals surface area contributed by atoms with Gasteiger partial charge in [0, 0.05) is 16.3 Å². The van der Waals surface area contributed by atoms with Gasteiger partial charge in [-0.15, -0.1) is 0 Å². The van der Waals surface area contributed by atoms with Crippen molar-refractivity contribution in [2.45, 2.75) is 65.1 Å². The largest absolute Gasteiger partial charge is 0.455 e. The van der Waals surface area contributed by atoms with Crippen LogP contribution in [0.1, 0.15) is 80.1 Å². The molecule has 0 radical (unpaired) electrons. The first-order valence-electron chi connectivity index (χ1n) is 20.5. The first-order valence-corrected chi connectivity index (χ1v) is 18.5. The summed E-state index contributed by atoms with van der Waals surface area (Å²) >= 11 is 0. The maximum absolute atomic E-state index is 9.44.